The van der Waals surface area contributed by atoms with Crippen LogP contribution >= 0.6 is 0 Å². The minimum Gasteiger partial charge on any atom is -0.490 e. The van der Waals surface area contributed by atoms with Crippen molar-refractivity contribution in [3.63, 3.8) is 0 Å². The van der Waals surface area contributed by atoms with E-state index in [1.54, 1.807) is 0 Å². The molecule has 0 amide bonds. The Bertz CT molecular complexity index is 396. The molecular weight excluding hydrogens is 234 g/mol. The Kier molecular flexibility index (Phi) is 4.87. The average molecular weight is 261 g/mol. The van der Waals surface area contributed by atoms with Crippen molar-refractivity contribution in [2.24, 2.45) is 11.7 Å². The van der Waals surface area contributed by atoms with E-state index in [0.717, 1.165) is 18.1 Å². The molecule has 2 rings (SSSR count). The number of aryl methyl sites for hydroxylation is 2. The number of hydrogen-bond acceptors (Lipinski definition) is 2. The highest BCUT2D eigenvalue weighted by molar-refractivity contribution is 5.43. The van der Waals surface area contributed by atoms with Gasteiger partial charge in [0.15, 0.2) is 0 Å². The molecule has 0 atom stereocenters. The van der Waals surface area contributed by atoms with Gasteiger partial charge in [-0.1, -0.05) is 19.1 Å². The van der Waals surface area contributed by atoms with Crippen molar-refractivity contribution in [2.75, 3.05) is 6.54 Å². The second-order valence-corrected chi connectivity index (χ2v) is 6.10. The van der Waals surface area contributed by atoms with Crippen molar-refractivity contribution in [1.29, 1.82) is 0 Å². The van der Waals surface area contributed by atoms with Gasteiger partial charge in [-0.05, 0) is 75.1 Å². The number of ether oxygens (including phenoxy) is 1. The van der Waals surface area contributed by atoms with Gasteiger partial charge < -0.3 is 10.5 Å². The molecule has 0 unspecified atom stereocenters. The Balaban J connectivity index is 2.07. The van der Waals surface area contributed by atoms with E-state index in [1.807, 2.05) is 0 Å². The van der Waals surface area contributed by atoms with Gasteiger partial charge in [-0.25, -0.2) is 0 Å². The fraction of sp³-hybridized carbons (Fsp3) is 0.647. The third kappa shape index (κ3) is 3.73. The van der Waals surface area contributed by atoms with Gasteiger partial charge in [-0.2, -0.15) is 0 Å². The quantitative estimate of drug-likeness (QED) is 0.895. The van der Waals surface area contributed by atoms with Crippen LogP contribution in [-0.4, -0.2) is 12.6 Å². The number of rotatable bonds is 4. The van der Waals surface area contributed by atoms with Gasteiger partial charge in [0, 0.05) is 0 Å². The molecule has 2 heteroatoms. The minimum absolute atomic E-state index is 0.411. The first-order valence-electron chi connectivity index (χ1n) is 7.57. The van der Waals surface area contributed by atoms with E-state index >= 15 is 0 Å². The molecule has 1 aromatic rings. The second-order valence-electron chi connectivity index (χ2n) is 6.10. The molecule has 0 radical (unpaired) electrons. The highest BCUT2D eigenvalue weighted by Crippen LogP contribution is 2.31. The summed E-state index contributed by atoms with van der Waals surface area (Å²) in [5.74, 6) is 1.97. The van der Waals surface area contributed by atoms with Gasteiger partial charge in [-0.15, -0.1) is 0 Å². The molecule has 1 aromatic carbocycles. The molecule has 1 saturated carbocycles. The van der Waals surface area contributed by atoms with E-state index in [1.165, 1.54) is 42.4 Å². The van der Waals surface area contributed by atoms with Crippen molar-refractivity contribution < 1.29 is 4.74 Å². The van der Waals surface area contributed by atoms with Gasteiger partial charge in [0.05, 0.1) is 6.10 Å². The van der Waals surface area contributed by atoms with E-state index in [0.29, 0.717) is 12.6 Å². The number of hydrogen-bond donors (Lipinski definition) is 1. The first-order valence-corrected chi connectivity index (χ1v) is 7.57. The summed E-state index contributed by atoms with van der Waals surface area (Å²) < 4.78 is 6.27. The highest BCUT2D eigenvalue weighted by atomic mass is 16.5. The zero-order valence-corrected chi connectivity index (χ0v) is 12.5. The molecule has 1 aliphatic rings. The van der Waals surface area contributed by atoms with E-state index in [4.69, 9.17) is 10.5 Å². The molecule has 2 N–H and O–H groups in total. The van der Waals surface area contributed by atoms with Crippen LogP contribution in [0.25, 0.3) is 0 Å². The summed E-state index contributed by atoms with van der Waals surface area (Å²) in [4.78, 5) is 0. The molecule has 0 aromatic heterocycles. The Morgan fingerprint density at radius 2 is 1.68 bits per heavy atom. The van der Waals surface area contributed by atoms with E-state index in [-0.39, 0.29) is 0 Å². The third-order valence-electron chi connectivity index (χ3n) is 4.20. The Morgan fingerprint density at radius 1 is 1.11 bits per heavy atom. The first kappa shape index (κ1) is 14.4. The lowest BCUT2D eigenvalue weighted by atomic mass is 9.89. The van der Waals surface area contributed by atoms with Gasteiger partial charge in [0.1, 0.15) is 5.75 Å². The van der Waals surface area contributed by atoms with Crippen LogP contribution in [0, 0.1) is 19.8 Å². The predicted molar refractivity (Wildman–Crippen MR) is 80.7 cm³/mol. The smallest absolute Gasteiger partial charge is 0.125 e. The van der Waals surface area contributed by atoms with Crippen LogP contribution < -0.4 is 10.5 Å². The summed E-state index contributed by atoms with van der Waals surface area (Å²) in [7, 11) is 0. The number of nitrogens with two attached hydrogens (primary N) is 1. The van der Waals surface area contributed by atoms with E-state index in [9.17, 15) is 0 Å². The van der Waals surface area contributed by atoms with Crippen molar-refractivity contribution in [3.05, 3.63) is 28.8 Å². The van der Waals surface area contributed by atoms with Gasteiger partial charge in [0.25, 0.3) is 0 Å². The molecule has 1 aliphatic carbocycles. The summed E-state index contributed by atoms with van der Waals surface area (Å²) in [5.41, 5.74) is 9.46. The Morgan fingerprint density at radius 3 is 2.21 bits per heavy atom. The summed E-state index contributed by atoms with van der Waals surface area (Å²) in [6, 6.07) is 4.45. The molecule has 2 nitrogen and oxygen atoms in total. The van der Waals surface area contributed by atoms with E-state index < -0.39 is 0 Å². The summed E-state index contributed by atoms with van der Waals surface area (Å²) in [6.45, 7) is 7.34. The zero-order chi connectivity index (χ0) is 13.8. The van der Waals surface area contributed by atoms with Crippen molar-refractivity contribution in [3.8, 4) is 5.75 Å². The normalized spacial score (nSPS) is 23.4. The van der Waals surface area contributed by atoms with E-state index in [2.05, 4.69) is 32.9 Å². The van der Waals surface area contributed by atoms with Gasteiger partial charge >= 0.3 is 0 Å². The summed E-state index contributed by atoms with van der Waals surface area (Å²) in [5, 5.41) is 0. The highest BCUT2D eigenvalue weighted by Gasteiger charge is 2.20. The molecule has 106 valence electrons. The van der Waals surface area contributed by atoms with Crippen molar-refractivity contribution >= 4 is 0 Å². The monoisotopic (exact) mass is 261 g/mol. The molecule has 0 spiro atoms. The third-order valence-corrected chi connectivity index (χ3v) is 4.20. The maximum Gasteiger partial charge on any atom is 0.125 e. The lowest BCUT2D eigenvalue weighted by Crippen LogP contribution is -2.23. The zero-order valence-electron chi connectivity index (χ0n) is 12.5. The minimum atomic E-state index is 0.411. The summed E-state index contributed by atoms with van der Waals surface area (Å²) >= 11 is 0. The largest absolute Gasteiger partial charge is 0.490 e. The van der Waals surface area contributed by atoms with Crippen LogP contribution in [0.15, 0.2) is 12.1 Å². The lowest BCUT2D eigenvalue weighted by Gasteiger charge is -2.28. The van der Waals surface area contributed by atoms with Gasteiger partial charge in [-0.3, -0.25) is 0 Å². The SMILES string of the molecule is Cc1cc(CCN)cc(C)c1OC1CCC(C)CC1. The van der Waals surface area contributed by atoms with Crippen LogP contribution in [0.3, 0.4) is 0 Å². The van der Waals surface area contributed by atoms with Crippen LogP contribution in [0.4, 0.5) is 0 Å². The second kappa shape index (κ2) is 6.42. The van der Waals surface area contributed by atoms with Crippen molar-refractivity contribution in [2.45, 2.75) is 59.0 Å². The predicted octanol–water partition coefficient (Wildman–Crippen LogP) is 3.76. The van der Waals surface area contributed by atoms with Crippen LogP contribution in [-0.2, 0) is 6.42 Å². The maximum absolute atomic E-state index is 6.27. The fourth-order valence-electron chi connectivity index (χ4n) is 3.05. The standard InChI is InChI=1S/C17H27NO/c1-12-4-6-16(7-5-12)19-17-13(2)10-15(8-9-18)11-14(17)3/h10-12,16H,4-9,18H2,1-3H3. The summed E-state index contributed by atoms with van der Waals surface area (Å²) in [6.07, 6.45) is 6.36. The molecule has 0 aliphatic heterocycles. The lowest BCUT2D eigenvalue weighted by molar-refractivity contribution is 0.134. The van der Waals surface area contributed by atoms with Crippen LogP contribution in [0.1, 0.15) is 49.3 Å². The molecular formula is C17H27NO. The maximum atomic E-state index is 6.27. The molecule has 1 fully saturated rings. The fourth-order valence-corrected chi connectivity index (χ4v) is 3.05. The Hall–Kier alpha value is -1.02. The first-order chi connectivity index (χ1) is 9.10. The number of benzene rings is 1. The molecule has 0 heterocycles. The average Bonchev–Trinajstić information content (AvgIpc) is 2.36. The molecule has 19 heavy (non-hydrogen) atoms. The van der Waals surface area contributed by atoms with Crippen LogP contribution in [0.5, 0.6) is 5.75 Å². The van der Waals surface area contributed by atoms with Crippen molar-refractivity contribution in [1.82, 2.24) is 0 Å². The topological polar surface area (TPSA) is 35.2 Å². The Labute approximate surface area is 117 Å². The molecule has 0 bridgehead atoms. The van der Waals surface area contributed by atoms with Gasteiger partial charge in [0.2, 0.25) is 0 Å². The van der Waals surface area contributed by atoms with Crippen LogP contribution in [0.2, 0.25) is 0 Å². The molecule has 0 saturated heterocycles.